The Labute approximate surface area is 106 Å². The van der Waals surface area contributed by atoms with Crippen LogP contribution in [0.3, 0.4) is 0 Å². The summed E-state index contributed by atoms with van der Waals surface area (Å²) in [6.45, 7) is 2.96. The maximum Gasteiger partial charge on any atom is 0.244 e. The van der Waals surface area contributed by atoms with Crippen LogP contribution in [0.2, 0.25) is 0 Å². The minimum Gasteiger partial charge on any atom is -0.356 e. The van der Waals surface area contributed by atoms with Gasteiger partial charge >= 0.3 is 0 Å². The van der Waals surface area contributed by atoms with Gasteiger partial charge in [-0.05, 0) is 31.2 Å². The van der Waals surface area contributed by atoms with Crippen molar-refractivity contribution < 1.29 is 4.79 Å². The number of carbonyl (C=O) groups is 1. The molecule has 1 aliphatic rings. The third kappa shape index (κ3) is 2.29. The van der Waals surface area contributed by atoms with Crippen LogP contribution in [0, 0.1) is 11.3 Å². The van der Waals surface area contributed by atoms with Crippen molar-refractivity contribution in [1.82, 2.24) is 5.32 Å². The fraction of sp³-hybridized carbons (Fsp3) is 0.385. The van der Waals surface area contributed by atoms with Crippen LogP contribution in [0.1, 0.15) is 12.5 Å². The van der Waals surface area contributed by atoms with Crippen molar-refractivity contribution in [2.24, 2.45) is 5.73 Å². The number of piperazine rings is 1. The van der Waals surface area contributed by atoms with E-state index < -0.39 is 0 Å². The first-order valence-corrected chi connectivity index (χ1v) is 5.93. The molecule has 1 amide bonds. The fourth-order valence-corrected chi connectivity index (χ4v) is 2.20. The first-order chi connectivity index (χ1) is 8.65. The summed E-state index contributed by atoms with van der Waals surface area (Å²) in [5.74, 6) is -0.0411. The van der Waals surface area contributed by atoms with E-state index in [1.165, 1.54) is 0 Å². The molecule has 2 unspecified atom stereocenters. The molecule has 5 nitrogen and oxygen atoms in total. The minimum absolute atomic E-state index is 0.0411. The second-order valence-electron chi connectivity index (χ2n) is 4.47. The zero-order valence-electron chi connectivity index (χ0n) is 10.3. The summed E-state index contributed by atoms with van der Waals surface area (Å²) in [6.07, 6.45) is 0. The number of nitrogens with one attached hydrogen (secondary N) is 1. The lowest BCUT2D eigenvalue weighted by molar-refractivity contribution is -0.123. The fourth-order valence-electron chi connectivity index (χ4n) is 2.20. The van der Waals surface area contributed by atoms with Gasteiger partial charge in [-0.25, -0.2) is 0 Å². The molecule has 0 aromatic heterocycles. The van der Waals surface area contributed by atoms with Crippen LogP contribution >= 0.6 is 0 Å². The van der Waals surface area contributed by atoms with E-state index >= 15 is 0 Å². The molecule has 1 aromatic rings. The van der Waals surface area contributed by atoms with Crippen molar-refractivity contribution in [3.05, 3.63) is 29.8 Å². The van der Waals surface area contributed by atoms with Crippen molar-refractivity contribution >= 4 is 11.6 Å². The number of nitrogens with two attached hydrogens (primary N) is 1. The van der Waals surface area contributed by atoms with Crippen LogP contribution in [0.25, 0.3) is 0 Å². The molecule has 0 saturated carbocycles. The summed E-state index contributed by atoms with van der Waals surface area (Å²) in [7, 11) is 0. The molecule has 5 heteroatoms. The third-order valence-corrected chi connectivity index (χ3v) is 3.09. The van der Waals surface area contributed by atoms with Crippen molar-refractivity contribution in [1.29, 1.82) is 5.26 Å². The predicted octanol–water partition coefficient (Wildman–Crippen LogP) is 0.210. The quantitative estimate of drug-likeness (QED) is 0.779. The van der Waals surface area contributed by atoms with Crippen LogP contribution in [0.15, 0.2) is 24.3 Å². The molecule has 94 valence electrons. The molecule has 0 spiro atoms. The number of nitrogens with zero attached hydrogens (tertiary/aromatic N) is 2. The van der Waals surface area contributed by atoms with E-state index in [4.69, 9.17) is 11.0 Å². The van der Waals surface area contributed by atoms with Crippen LogP contribution in [0.5, 0.6) is 0 Å². The van der Waals surface area contributed by atoms with E-state index in [0.29, 0.717) is 5.56 Å². The Morgan fingerprint density at radius 1 is 1.50 bits per heavy atom. The van der Waals surface area contributed by atoms with E-state index in [-0.39, 0.29) is 24.5 Å². The average molecular weight is 244 g/mol. The number of nitriles is 1. The van der Waals surface area contributed by atoms with Crippen LogP contribution in [-0.2, 0) is 4.79 Å². The number of benzene rings is 1. The number of hydrogen-bond donors (Lipinski definition) is 2. The maximum absolute atomic E-state index is 11.9. The molecule has 18 heavy (non-hydrogen) atoms. The first-order valence-electron chi connectivity index (χ1n) is 5.93. The molecule has 0 aliphatic carbocycles. The SMILES string of the molecule is CC1CN(c2ccc(C#N)cc2)C(CN)C(=O)N1. The van der Waals surface area contributed by atoms with E-state index in [9.17, 15) is 4.79 Å². The molecular formula is C13H16N4O. The lowest BCUT2D eigenvalue weighted by Crippen LogP contribution is -2.61. The van der Waals surface area contributed by atoms with E-state index in [1.807, 2.05) is 24.0 Å². The Morgan fingerprint density at radius 3 is 2.72 bits per heavy atom. The molecule has 0 bridgehead atoms. The van der Waals surface area contributed by atoms with Gasteiger partial charge in [0, 0.05) is 24.8 Å². The smallest absolute Gasteiger partial charge is 0.244 e. The van der Waals surface area contributed by atoms with Gasteiger partial charge < -0.3 is 16.0 Å². The van der Waals surface area contributed by atoms with Crippen LogP contribution < -0.4 is 16.0 Å². The van der Waals surface area contributed by atoms with Gasteiger partial charge in [0.25, 0.3) is 0 Å². The molecular weight excluding hydrogens is 228 g/mol. The monoisotopic (exact) mass is 244 g/mol. The lowest BCUT2D eigenvalue weighted by atomic mass is 10.1. The molecule has 2 atom stereocenters. The van der Waals surface area contributed by atoms with Gasteiger partial charge in [0.2, 0.25) is 5.91 Å². The van der Waals surface area contributed by atoms with Gasteiger partial charge in [-0.1, -0.05) is 0 Å². The van der Waals surface area contributed by atoms with Crippen molar-refractivity contribution in [2.45, 2.75) is 19.0 Å². The number of amides is 1. The van der Waals surface area contributed by atoms with Crippen molar-refractivity contribution in [2.75, 3.05) is 18.0 Å². The van der Waals surface area contributed by atoms with Gasteiger partial charge in [-0.3, -0.25) is 4.79 Å². The Morgan fingerprint density at radius 2 is 2.17 bits per heavy atom. The average Bonchev–Trinajstić information content (AvgIpc) is 2.38. The summed E-state index contributed by atoms with van der Waals surface area (Å²) in [5.41, 5.74) is 7.20. The van der Waals surface area contributed by atoms with Gasteiger partial charge in [0.15, 0.2) is 0 Å². The van der Waals surface area contributed by atoms with Crippen LogP contribution in [0.4, 0.5) is 5.69 Å². The summed E-state index contributed by atoms with van der Waals surface area (Å²) in [6, 6.07) is 9.04. The highest BCUT2D eigenvalue weighted by molar-refractivity contribution is 5.87. The molecule has 0 radical (unpaired) electrons. The molecule has 1 fully saturated rings. The first kappa shape index (κ1) is 12.4. The zero-order chi connectivity index (χ0) is 13.1. The third-order valence-electron chi connectivity index (χ3n) is 3.09. The molecule has 1 aliphatic heterocycles. The second-order valence-corrected chi connectivity index (χ2v) is 4.47. The maximum atomic E-state index is 11.9. The number of hydrogen-bond acceptors (Lipinski definition) is 4. The van der Waals surface area contributed by atoms with Crippen molar-refractivity contribution in [3.8, 4) is 6.07 Å². The second kappa shape index (κ2) is 5.07. The van der Waals surface area contributed by atoms with Crippen LogP contribution in [-0.4, -0.2) is 31.1 Å². The highest BCUT2D eigenvalue weighted by Crippen LogP contribution is 2.20. The largest absolute Gasteiger partial charge is 0.356 e. The zero-order valence-corrected chi connectivity index (χ0v) is 10.3. The van der Waals surface area contributed by atoms with Gasteiger partial charge in [0.05, 0.1) is 11.6 Å². The Hall–Kier alpha value is -2.06. The minimum atomic E-state index is -0.339. The molecule has 1 heterocycles. The Bertz CT molecular complexity index is 477. The van der Waals surface area contributed by atoms with Gasteiger partial charge in [-0.15, -0.1) is 0 Å². The predicted molar refractivity (Wildman–Crippen MR) is 69.0 cm³/mol. The topological polar surface area (TPSA) is 82.2 Å². The molecule has 1 saturated heterocycles. The number of carbonyl (C=O) groups excluding carboxylic acids is 1. The lowest BCUT2D eigenvalue weighted by Gasteiger charge is -2.39. The standard InChI is InChI=1S/C13H16N4O/c1-9-8-17(12(7-15)13(18)16-9)11-4-2-10(6-14)3-5-11/h2-5,9,12H,7-8,15H2,1H3,(H,16,18). The summed E-state index contributed by atoms with van der Waals surface area (Å²) < 4.78 is 0. The highest BCUT2D eigenvalue weighted by atomic mass is 16.2. The van der Waals surface area contributed by atoms with Gasteiger partial charge in [0.1, 0.15) is 6.04 Å². The van der Waals surface area contributed by atoms with E-state index in [2.05, 4.69) is 11.4 Å². The van der Waals surface area contributed by atoms with Gasteiger partial charge in [-0.2, -0.15) is 5.26 Å². The normalized spacial score (nSPS) is 23.4. The van der Waals surface area contributed by atoms with Crippen molar-refractivity contribution in [3.63, 3.8) is 0 Å². The summed E-state index contributed by atoms with van der Waals surface area (Å²) >= 11 is 0. The Balaban J connectivity index is 2.28. The molecule has 3 N–H and O–H groups in total. The summed E-state index contributed by atoms with van der Waals surface area (Å²) in [5, 5.41) is 11.7. The summed E-state index contributed by atoms with van der Waals surface area (Å²) in [4.78, 5) is 13.8. The Kier molecular flexibility index (Phi) is 3.49. The molecule has 1 aromatic carbocycles. The van der Waals surface area contributed by atoms with E-state index in [0.717, 1.165) is 12.2 Å². The number of anilines is 1. The highest BCUT2D eigenvalue weighted by Gasteiger charge is 2.31. The number of rotatable bonds is 2. The van der Waals surface area contributed by atoms with E-state index in [1.54, 1.807) is 12.1 Å². The molecule has 2 rings (SSSR count).